The number of carbonyl (C=O) groups excluding carboxylic acids is 1. The van der Waals surface area contributed by atoms with Crippen LogP contribution in [0.3, 0.4) is 0 Å². The van der Waals surface area contributed by atoms with E-state index in [0.29, 0.717) is 19.3 Å². The van der Waals surface area contributed by atoms with Gasteiger partial charge in [-0.15, -0.1) is 0 Å². The smallest absolute Gasteiger partial charge is 0.171 e. The summed E-state index contributed by atoms with van der Waals surface area (Å²) in [6.07, 6.45) is 1.53. The maximum Gasteiger partial charge on any atom is 0.171 e. The van der Waals surface area contributed by atoms with Crippen LogP contribution >= 0.6 is 11.6 Å². The number of hydrogen-bond acceptors (Lipinski definition) is 4. The molecule has 0 radical (unpaired) electrons. The van der Waals surface area contributed by atoms with E-state index in [1.807, 2.05) is 0 Å². The van der Waals surface area contributed by atoms with Crippen molar-refractivity contribution in [3.05, 3.63) is 22.2 Å². The Bertz CT molecular complexity index is 433. The highest BCUT2D eigenvalue weighted by molar-refractivity contribution is 6.35. The van der Waals surface area contributed by atoms with Gasteiger partial charge in [-0.25, -0.2) is 9.37 Å². The molecular weight excluding hydrogens is 235 g/mol. The van der Waals surface area contributed by atoms with Crippen molar-refractivity contribution in [1.82, 2.24) is 4.98 Å². The van der Waals surface area contributed by atoms with Crippen molar-refractivity contribution in [3.8, 4) is 0 Å². The van der Waals surface area contributed by atoms with E-state index in [1.54, 1.807) is 0 Å². The van der Waals surface area contributed by atoms with Crippen molar-refractivity contribution < 1.29 is 13.9 Å². The molecule has 0 bridgehead atoms. The third-order valence-electron chi connectivity index (χ3n) is 2.51. The molecule has 1 aliphatic rings. The number of hydrogen-bond donors (Lipinski definition) is 1. The van der Waals surface area contributed by atoms with Crippen LogP contribution in [0.15, 0.2) is 0 Å². The molecule has 86 valence electrons. The highest BCUT2D eigenvalue weighted by atomic mass is 35.5. The number of nitrogens with two attached hydrogens (primary N) is 1. The summed E-state index contributed by atoms with van der Waals surface area (Å²) in [6.45, 7) is 0.560. The second kappa shape index (κ2) is 4.35. The molecule has 2 N–H and O–H groups in total. The average molecular weight is 245 g/mol. The zero-order valence-corrected chi connectivity index (χ0v) is 9.13. The summed E-state index contributed by atoms with van der Waals surface area (Å²) >= 11 is 5.68. The molecule has 0 spiro atoms. The Labute approximate surface area is 96.6 Å². The molecule has 0 amide bonds. The molecule has 2 rings (SSSR count). The minimum Gasteiger partial charge on any atom is -0.395 e. The number of anilines is 1. The average Bonchev–Trinajstić information content (AvgIpc) is 2.80. The van der Waals surface area contributed by atoms with Crippen molar-refractivity contribution >= 4 is 23.6 Å². The van der Waals surface area contributed by atoms with Crippen molar-refractivity contribution in [3.63, 3.8) is 0 Å². The van der Waals surface area contributed by atoms with E-state index in [4.69, 9.17) is 22.1 Å². The normalized spacial score (nSPS) is 20.0. The molecule has 1 unspecified atom stereocenters. The Morgan fingerprint density at radius 1 is 1.62 bits per heavy atom. The Morgan fingerprint density at radius 3 is 2.94 bits per heavy atom. The first-order valence-electron chi connectivity index (χ1n) is 4.86. The number of ether oxygens (including phenoxy) is 1. The number of pyridine rings is 1. The van der Waals surface area contributed by atoms with Crippen LogP contribution in [0.4, 0.5) is 10.1 Å². The lowest BCUT2D eigenvalue weighted by atomic mass is 10.1. The first kappa shape index (κ1) is 11.3. The van der Waals surface area contributed by atoms with Crippen LogP contribution in [0, 0.1) is 5.82 Å². The van der Waals surface area contributed by atoms with Gasteiger partial charge in [0.2, 0.25) is 0 Å². The van der Waals surface area contributed by atoms with Crippen LogP contribution in [0.2, 0.25) is 5.02 Å². The Kier molecular flexibility index (Phi) is 3.07. The molecule has 2 heterocycles. The summed E-state index contributed by atoms with van der Waals surface area (Å²) in [5.74, 6) is -0.692. The molecule has 1 saturated heterocycles. The van der Waals surface area contributed by atoms with Crippen LogP contribution in [0.25, 0.3) is 0 Å². The third-order valence-corrected chi connectivity index (χ3v) is 2.91. The van der Waals surface area contributed by atoms with Gasteiger partial charge in [0, 0.05) is 6.61 Å². The van der Waals surface area contributed by atoms with E-state index < -0.39 is 11.9 Å². The summed E-state index contributed by atoms with van der Waals surface area (Å²) in [6, 6.07) is 0. The quantitative estimate of drug-likeness (QED) is 0.810. The fourth-order valence-corrected chi connectivity index (χ4v) is 1.85. The van der Waals surface area contributed by atoms with Gasteiger partial charge in [0.25, 0.3) is 0 Å². The van der Waals surface area contributed by atoms with Gasteiger partial charge in [0.15, 0.2) is 12.1 Å². The fraction of sp³-hybridized carbons (Fsp3) is 0.400. The lowest BCUT2D eigenvalue weighted by Crippen LogP contribution is -2.09. The number of rotatable bonds is 2. The van der Waals surface area contributed by atoms with Crippen LogP contribution < -0.4 is 5.73 Å². The van der Waals surface area contributed by atoms with Gasteiger partial charge in [-0.2, -0.15) is 0 Å². The number of halogens is 2. The predicted octanol–water partition coefficient (Wildman–Crippen LogP) is 2.12. The Hall–Kier alpha value is -1.20. The van der Waals surface area contributed by atoms with Crippen LogP contribution in [-0.4, -0.2) is 17.9 Å². The van der Waals surface area contributed by atoms with Crippen LogP contribution in [-0.2, 0) is 4.74 Å². The molecule has 6 heteroatoms. The van der Waals surface area contributed by atoms with Crippen LogP contribution in [0.1, 0.15) is 35.1 Å². The molecule has 16 heavy (non-hydrogen) atoms. The molecule has 4 nitrogen and oxygen atoms in total. The maximum absolute atomic E-state index is 13.8. The number of nitrogens with zero attached hydrogens (tertiary/aromatic N) is 1. The summed E-state index contributed by atoms with van der Waals surface area (Å²) in [5, 5.41) is -0.144. The second-order valence-corrected chi connectivity index (χ2v) is 3.92. The number of nitrogen functional groups attached to an aromatic ring is 1. The van der Waals surface area contributed by atoms with E-state index >= 15 is 0 Å². The van der Waals surface area contributed by atoms with Gasteiger partial charge in [0.1, 0.15) is 17.5 Å². The van der Waals surface area contributed by atoms with Gasteiger partial charge in [-0.1, -0.05) is 11.6 Å². The lowest BCUT2D eigenvalue weighted by molar-refractivity contribution is 0.104. The third kappa shape index (κ3) is 1.76. The van der Waals surface area contributed by atoms with Crippen LogP contribution in [0.5, 0.6) is 0 Å². The molecule has 1 aromatic heterocycles. The SMILES string of the molecule is Nc1c(F)c(C2CCCO2)nc(C=O)c1Cl. The number of aromatic nitrogens is 1. The van der Waals surface area contributed by atoms with Gasteiger partial charge < -0.3 is 10.5 Å². The van der Waals surface area contributed by atoms with Crippen molar-refractivity contribution in [1.29, 1.82) is 0 Å². The molecule has 1 aromatic rings. The standard InChI is InChI=1S/C10H10ClFN2O2/c11-7-5(4-15)14-10(8(12)9(7)13)6-2-1-3-16-6/h4,6H,1-3H2,(H2,13,14). The minimum absolute atomic E-state index is 0.0499. The van der Waals surface area contributed by atoms with Gasteiger partial charge >= 0.3 is 0 Å². The summed E-state index contributed by atoms with van der Waals surface area (Å²) in [7, 11) is 0. The molecule has 0 aromatic carbocycles. The highest BCUT2D eigenvalue weighted by Gasteiger charge is 2.26. The molecule has 1 atom stereocenters. The van der Waals surface area contributed by atoms with Crippen molar-refractivity contribution in [2.75, 3.05) is 12.3 Å². The zero-order chi connectivity index (χ0) is 11.7. The molecule has 0 aliphatic carbocycles. The molecule has 1 aliphatic heterocycles. The van der Waals surface area contributed by atoms with E-state index in [0.717, 1.165) is 6.42 Å². The van der Waals surface area contributed by atoms with Gasteiger partial charge in [-0.3, -0.25) is 4.79 Å². The topological polar surface area (TPSA) is 65.2 Å². The molecule has 0 saturated carbocycles. The zero-order valence-electron chi connectivity index (χ0n) is 8.37. The second-order valence-electron chi connectivity index (χ2n) is 3.54. The van der Waals surface area contributed by atoms with Gasteiger partial charge in [0.05, 0.1) is 10.7 Å². The number of aldehydes is 1. The van der Waals surface area contributed by atoms with E-state index in [1.165, 1.54) is 0 Å². The first-order valence-corrected chi connectivity index (χ1v) is 5.24. The summed E-state index contributed by atoms with van der Waals surface area (Å²) in [5.41, 5.74) is 5.24. The Balaban J connectivity index is 2.52. The van der Waals surface area contributed by atoms with E-state index in [-0.39, 0.29) is 22.1 Å². The fourth-order valence-electron chi connectivity index (χ4n) is 1.68. The maximum atomic E-state index is 13.8. The van der Waals surface area contributed by atoms with Crippen molar-refractivity contribution in [2.45, 2.75) is 18.9 Å². The van der Waals surface area contributed by atoms with Gasteiger partial charge in [-0.05, 0) is 12.8 Å². The van der Waals surface area contributed by atoms with E-state index in [9.17, 15) is 9.18 Å². The molecular formula is C10H10ClFN2O2. The minimum atomic E-state index is -0.692. The van der Waals surface area contributed by atoms with Crippen molar-refractivity contribution in [2.24, 2.45) is 0 Å². The summed E-state index contributed by atoms with van der Waals surface area (Å²) in [4.78, 5) is 14.5. The largest absolute Gasteiger partial charge is 0.395 e. The lowest BCUT2D eigenvalue weighted by Gasteiger charge is -2.13. The summed E-state index contributed by atoms with van der Waals surface area (Å²) < 4.78 is 19.1. The molecule has 1 fully saturated rings. The predicted molar refractivity (Wildman–Crippen MR) is 56.9 cm³/mol. The number of carbonyl (C=O) groups is 1. The Morgan fingerprint density at radius 2 is 2.38 bits per heavy atom. The highest BCUT2D eigenvalue weighted by Crippen LogP contribution is 2.34. The monoisotopic (exact) mass is 244 g/mol. The first-order chi connectivity index (χ1) is 7.65. The van der Waals surface area contributed by atoms with E-state index in [2.05, 4.69) is 4.98 Å².